The number of amides is 1. The van der Waals surface area contributed by atoms with Crippen molar-refractivity contribution in [3.05, 3.63) is 27.7 Å². The largest absolute Gasteiger partial charge is 0.396 e. The number of nitrogens with two attached hydrogens (primary N) is 1. The van der Waals surface area contributed by atoms with Gasteiger partial charge in [-0.05, 0) is 31.4 Å². The van der Waals surface area contributed by atoms with E-state index in [1.54, 1.807) is 0 Å². The molecule has 1 fully saturated rings. The number of rotatable bonds is 3. The van der Waals surface area contributed by atoms with E-state index in [2.05, 4.69) is 5.32 Å². The van der Waals surface area contributed by atoms with Gasteiger partial charge in [0, 0.05) is 18.7 Å². The Kier molecular flexibility index (Phi) is 4.91. The Morgan fingerprint density at radius 3 is 2.63 bits per heavy atom. The number of ether oxygens (including phenoxy) is 1. The second-order valence-electron chi connectivity index (χ2n) is 4.55. The minimum atomic E-state index is -0.224. The molecule has 1 atom stereocenters. The minimum Gasteiger partial charge on any atom is -0.396 e. The molecule has 1 aliphatic rings. The quantitative estimate of drug-likeness (QED) is 0.844. The van der Waals surface area contributed by atoms with Crippen LogP contribution < -0.4 is 11.1 Å². The fourth-order valence-electron chi connectivity index (χ4n) is 1.99. The Morgan fingerprint density at radius 2 is 2.05 bits per heavy atom. The van der Waals surface area contributed by atoms with Gasteiger partial charge >= 0.3 is 0 Å². The maximum atomic E-state index is 12.0. The SMILES string of the molecule is Nc1c(Cl)cc(C(=O)NCC2CCCCO2)cc1Cl. The number of hydrogen-bond donors (Lipinski definition) is 2. The predicted molar refractivity (Wildman–Crippen MR) is 76.8 cm³/mol. The van der Waals surface area contributed by atoms with Gasteiger partial charge in [0.05, 0.1) is 21.8 Å². The highest BCUT2D eigenvalue weighted by molar-refractivity contribution is 6.39. The van der Waals surface area contributed by atoms with Crippen LogP contribution in [0.25, 0.3) is 0 Å². The van der Waals surface area contributed by atoms with Crippen LogP contribution in [-0.4, -0.2) is 25.2 Å². The molecule has 6 heteroatoms. The molecule has 4 nitrogen and oxygen atoms in total. The fourth-order valence-corrected chi connectivity index (χ4v) is 2.48. The van der Waals surface area contributed by atoms with Gasteiger partial charge in [-0.15, -0.1) is 0 Å². The van der Waals surface area contributed by atoms with Gasteiger partial charge < -0.3 is 15.8 Å². The summed E-state index contributed by atoms with van der Waals surface area (Å²) in [4.78, 5) is 12.0. The van der Waals surface area contributed by atoms with Crippen LogP contribution in [0.15, 0.2) is 12.1 Å². The number of anilines is 1. The van der Waals surface area contributed by atoms with Gasteiger partial charge in [-0.2, -0.15) is 0 Å². The maximum absolute atomic E-state index is 12.0. The molecule has 1 saturated heterocycles. The summed E-state index contributed by atoms with van der Waals surface area (Å²) in [7, 11) is 0. The molecule has 3 N–H and O–H groups in total. The van der Waals surface area contributed by atoms with E-state index < -0.39 is 0 Å². The van der Waals surface area contributed by atoms with Crippen molar-refractivity contribution in [1.82, 2.24) is 5.32 Å². The van der Waals surface area contributed by atoms with Crippen molar-refractivity contribution in [3.63, 3.8) is 0 Å². The van der Waals surface area contributed by atoms with Gasteiger partial charge in [0.25, 0.3) is 5.91 Å². The van der Waals surface area contributed by atoms with Crippen LogP contribution in [0.5, 0.6) is 0 Å². The normalized spacial score (nSPS) is 19.2. The molecule has 2 rings (SSSR count). The van der Waals surface area contributed by atoms with Crippen LogP contribution >= 0.6 is 23.2 Å². The molecule has 19 heavy (non-hydrogen) atoms. The Balaban J connectivity index is 1.96. The molecule has 0 bridgehead atoms. The number of carbonyl (C=O) groups excluding carboxylic acids is 1. The highest BCUT2D eigenvalue weighted by Gasteiger charge is 2.16. The standard InChI is InChI=1S/C13H16Cl2N2O2/c14-10-5-8(6-11(15)12(10)16)13(18)17-7-9-3-1-2-4-19-9/h5-6,9H,1-4,7,16H2,(H,17,18). The summed E-state index contributed by atoms with van der Waals surface area (Å²) in [6.07, 6.45) is 3.30. The first-order chi connectivity index (χ1) is 9.08. The lowest BCUT2D eigenvalue weighted by molar-refractivity contribution is 0.0169. The third-order valence-electron chi connectivity index (χ3n) is 3.11. The van der Waals surface area contributed by atoms with Crippen molar-refractivity contribution in [2.45, 2.75) is 25.4 Å². The molecule has 1 aromatic carbocycles. The van der Waals surface area contributed by atoms with Crippen LogP contribution in [-0.2, 0) is 4.74 Å². The van der Waals surface area contributed by atoms with E-state index in [1.807, 2.05) is 0 Å². The molecular weight excluding hydrogens is 287 g/mol. The highest BCUT2D eigenvalue weighted by Crippen LogP contribution is 2.28. The summed E-state index contributed by atoms with van der Waals surface area (Å²) < 4.78 is 5.54. The van der Waals surface area contributed by atoms with Crippen molar-refractivity contribution in [3.8, 4) is 0 Å². The number of halogens is 2. The molecule has 1 aromatic rings. The lowest BCUT2D eigenvalue weighted by atomic mass is 10.1. The van der Waals surface area contributed by atoms with E-state index in [1.165, 1.54) is 12.1 Å². The van der Waals surface area contributed by atoms with E-state index >= 15 is 0 Å². The van der Waals surface area contributed by atoms with E-state index in [0.29, 0.717) is 12.1 Å². The van der Waals surface area contributed by atoms with Gasteiger partial charge in [-0.25, -0.2) is 0 Å². The highest BCUT2D eigenvalue weighted by atomic mass is 35.5. The monoisotopic (exact) mass is 302 g/mol. The topological polar surface area (TPSA) is 64.4 Å². The molecule has 1 aliphatic heterocycles. The van der Waals surface area contributed by atoms with Crippen molar-refractivity contribution >= 4 is 34.8 Å². The smallest absolute Gasteiger partial charge is 0.251 e. The molecular formula is C13H16Cl2N2O2. The molecule has 0 radical (unpaired) electrons. The van der Waals surface area contributed by atoms with Gasteiger partial charge in [-0.1, -0.05) is 23.2 Å². The summed E-state index contributed by atoms with van der Waals surface area (Å²) in [5.41, 5.74) is 6.32. The zero-order valence-electron chi connectivity index (χ0n) is 10.4. The Bertz CT molecular complexity index is 451. The van der Waals surface area contributed by atoms with Crippen molar-refractivity contribution < 1.29 is 9.53 Å². The number of nitrogen functional groups attached to an aromatic ring is 1. The van der Waals surface area contributed by atoms with Crippen LogP contribution in [0, 0.1) is 0 Å². The molecule has 104 valence electrons. The molecule has 0 spiro atoms. The average Bonchev–Trinajstić information content (AvgIpc) is 2.42. The zero-order valence-corrected chi connectivity index (χ0v) is 11.9. The summed E-state index contributed by atoms with van der Waals surface area (Å²) in [5.74, 6) is -0.224. The Morgan fingerprint density at radius 1 is 1.37 bits per heavy atom. The molecule has 0 aliphatic carbocycles. The lowest BCUT2D eigenvalue weighted by Crippen LogP contribution is -2.35. The summed E-state index contributed by atoms with van der Waals surface area (Å²) in [6, 6.07) is 3.03. The molecule has 1 amide bonds. The van der Waals surface area contributed by atoms with Crippen LogP contribution in [0.1, 0.15) is 29.6 Å². The molecule has 1 heterocycles. The van der Waals surface area contributed by atoms with E-state index in [4.69, 9.17) is 33.7 Å². The first kappa shape index (κ1) is 14.4. The van der Waals surface area contributed by atoms with Gasteiger partial charge in [0.15, 0.2) is 0 Å². The lowest BCUT2D eigenvalue weighted by Gasteiger charge is -2.22. The summed E-state index contributed by atoms with van der Waals surface area (Å²) in [5, 5.41) is 3.39. The van der Waals surface area contributed by atoms with Gasteiger partial charge in [0.1, 0.15) is 0 Å². The summed E-state index contributed by atoms with van der Waals surface area (Å²) >= 11 is 11.8. The average molecular weight is 303 g/mol. The first-order valence-electron chi connectivity index (χ1n) is 6.22. The first-order valence-corrected chi connectivity index (χ1v) is 6.98. The Labute approximate surface area is 122 Å². The van der Waals surface area contributed by atoms with Gasteiger partial charge in [-0.3, -0.25) is 4.79 Å². The molecule has 0 saturated carbocycles. The number of hydrogen-bond acceptors (Lipinski definition) is 3. The predicted octanol–water partition coefficient (Wildman–Crippen LogP) is 2.87. The van der Waals surface area contributed by atoms with Crippen LogP contribution in [0.2, 0.25) is 10.0 Å². The maximum Gasteiger partial charge on any atom is 0.251 e. The van der Waals surface area contributed by atoms with E-state index in [-0.39, 0.29) is 27.7 Å². The number of nitrogens with one attached hydrogen (secondary N) is 1. The third kappa shape index (κ3) is 3.75. The van der Waals surface area contributed by atoms with Crippen molar-refractivity contribution in [2.75, 3.05) is 18.9 Å². The Hall–Kier alpha value is -0.970. The van der Waals surface area contributed by atoms with Crippen molar-refractivity contribution in [1.29, 1.82) is 0 Å². The number of carbonyl (C=O) groups is 1. The van der Waals surface area contributed by atoms with E-state index in [9.17, 15) is 4.79 Å². The van der Waals surface area contributed by atoms with Gasteiger partial charge in [0.2, 0.25) is 0 Å². The van der Waals surface area contributed by atoms with Crippen molar-refractivity contribution in [2.24, 2.45) is 0 Å². The van der Waals surface area contributed by atoms with Crippen LogP contribution in [0.4, 0.5) is 5.69 Å². The minimum absolute atomic E-state index is 0.0948. The summed E-state index contributed by atoms with van der Waals surface area (Å²) in [6.45, 7) is 1.26. The number of benzene rings is 1. The fraction of sp³-hybridized carbons (Fsp3) is 0.462. The molecule has 0 aromatic heterocycles. The third-order valence-corrected chi connectivity index (χ3v) is 3.73. The van der Waals surface area contributed by atoms with Crippen LogP contribution in [0.3, 0.4) is 0 Å². The molecule has 1 unspecified atom stereocenters. The second kappa shape index (κ2) is 6.46. The second-order valence-corrected chi connectivity index (χ2v) is 5.37. The zero-order chi connectivity index (χ0) is 13.8. The van der Waals surface area contributed by atoms with E-state index in [0.717, 1.165) is 25.9 Å².